The summed E-state index contributed by atoms with van der Waals surface area (Å²) in [5.74, 6) is 0.445. The Morgan fingerprint density at radius 1 is 0.824 bits per heavy atom. The van der Waals surface area contributed by atoms with Gasteiger partial charge in [-0.3, -0.25) is 0 Å². The lowest BCUT2D eigenvalue weighted by Crippen LogP contribution is -2.04. The summed E-state index contributed by atoms with van der Waals surface area (Å²) in [6, 6.07) is 19.3. The second kappa shape index (κ2) is 5.67. The highest BCUT2D eigenvalue weighted by Gasteiger charge is 2.04. The fourth-order valence-electron chi connectivity index (χ4n) is 2.08. The Morgan fingerprint density at radius 3 is 1.94 bits per heavy atom. The van der Waals surface area contributed by atoms with Crippen LogP contribution in [0, 0.1) is 19.8 Å². The normalized spacial score (nSPS) is 12.4. The summed E-state index contributed by atoms with van der Waals surface area (Å²) in [6.07, 6.45) is 2.10. The van der Waals surface area contributed by atoms with Crippen LogP contribution >= 0.6 is 0 Å². The van der Waals surface area contributed by atoms with E-state index in [-0.39, 0.29) is 0 Å². The van der Waals surface area contributed by atoms with Crippen molar-refractivity contribution in [3.63, 3.8) is 0 Å². The zero-order valence-corrected chi connectivity index (χ0v) is 10.4. The predicted octanol–water partition coefficient (Wildman–Crippen LogP) is 4.23. The molecule has 0 bridgehead atoms. The molecule has 1 unspecified atom stereocenters. The smallest absolute Gasteiger partial charge is 0.0247 e. The second-order valence-electron chi connectivity index (χ2n) is 4.75. The number of hydrogen-bond donors (Lipinski definition) is 0. The predicted molar refractivity (Wildman–Crippen MR) is 73.9 cm³/mol. The number of benzene rings is 2. The van der Waals surface area contributed by atoms with Crippen molar-refractivity contribution < 1.29 is 0 Å². The molecule has 0 aliphatic heterocycles. The molecule has 0 spiro atoms. The van der Waals surface area contributed by atoms with Crippen LogP contribution in [-0.4, -0.2) is 0 Å². The Morgan fingerprint density at radius 2 is 1.35 bits per heavy atom. The van der Waals surface area contributed by atoms with Crippen LogP contribution < -0.4 is 0 Å². The van der Waals surface area contributed by atoms with Crippen LogP contribution in [0.5, 0.6) is 0 Å². The maximum atomic E-state index is 4.25. The molecule has 2 rings (SSSR count). The van der Waals surface area contributed by atoms with Crippen LogP contribution in [0.2, 0.25) is 0 Å². The highest BCUT2D eigenvalue weighted by Crippen LogP contribution is 2.14. The monoisotopic (exact) mass is 223 g/mol. The van der Waals surface area contributed by atoms with Gasteiger partial charge in [0.25, 0.3) is 0 Å². The third-order valence-corrected chi connectivity index (χ3v) is 3.01. The molecular weight excluding hydrogens is 204 g/mol. The fraction of sp³-hybridized carbons (Fsp3) is 0.235. The van der Waals surface area contributed by atoms with Gasteiger partial charge in [-0.15, -0.1) is 0 Å². The van der Waals surface area contributed by atoms with Crippen molar-refractivity contribution in [1.29, 1.82) is 0 Å². The van der Waals surface area contributed by atoms with Crippen molar-refractivity contribution >= 4 is 0 Å². The summed E-state index contributed by atoms with van der Waals surface area (Å²) in [5, 5.41) is 0. The molecule has 0 aromatic heterocycles. The largest absolute Gasteiger partial charge is 0.0622 e. The molecule has 2 aromatic rings. The van der Waals surface area contributed by atoms with E-state index in [4.69, 9.17) is 0 Å². The van der Waals surface area contributed by atoms with Crippen molar-refractivity contribution in [3.05, 3.63) is 78.2 Å². The highest BCUT2D eigenvalue weighted by molar-refractivity contribution is 5.22. The Bertz CT molecular complexity index is 439. The van der Waals surface area contributed by atoms with Crippen LogP contribution in [0.4, 0.5) is 0 Å². The number of rotatable bonds is 4. The zero-order valence-electron chi connectivity index (χ0n) is 10.4. The van der Waals surface area contributed by atoms with Crippen LogP contribution in [-0.2, 0) is 12.8 Å². The van der Waals surface area contributed by atoms with E-state index in [2.05, 4.69) is 68.4 Å². The van der Waals surface area contributed by atoms with Crippen molar-refractivity contribution in [2.45, 2.75) is 19.8 Å². The van der Waals surface area contributed by atoms with E-state index < -0.39 is 0 Å². The van der Waals surface area contributed by atoms with Gasteiger partial charge in [0, 0.05) is 0 Å². The molecule has 17 heavy (non-hydrogen) atoms. The van der Waals surface area contributed by atoms with E-state index in [1.165, 1.54) is 16.7 Å². The summed E-state index contributed by atoms with van der Waals surface area (Å²) < 4.78 is 0. The first-order valence-corrected chi connectivity index (χ1v) is 6.16. The summed E-state index contributed by atoms with van der Waals surface area (Å²) in [7, 11) is 0. The number of hydrogen-bond acceptors (Lipinski definition) is 0. The minimum atomic E-state index is 0.445. The summed E-state index contributed by atoms with van der Waals surface area (Å²) in [5.41, 5.74) is 4.07. The van der Waals surface area contributed by atoms with Crippen molar-refractivity contribution in [2.75, 3.05) is 0 Å². The first-order valence-electron chi connectivity index (χ1n) is 6.16. The van der Waals surface area contributed by atoms with E-state index in [1.54, 1.807) is 0 Å². The topological polar surface area (TPSA) is 0 Å². The van der Waals surface area contributed by atoms with Gasteiger partial charge < -0.3 is 0 Å². The minimum absolute atomic E-state index is 0.445. The summed E-state index contributed by atoms with van der Waals surface area (Å²) in [6.45, 7) is 6.37. The molecule has 0 aliphatic carbocycles. The van der Waals surface area contributed by atoms with Gasteiger partial charge in [-0.05, 0) is 43.7 Å². The minimum Gasteiger partial charge on any atom is -0.0622 e. The van der Waals surface area contributed by atoms with Crippen LogP contribution in [0.15, 0.2) is 54.6 Å². The first-order chi connectivity index (χ1) is 8.24. The summed E-state index contributed by atoms with van der Waals surface area (Å²) >= 11 is 0. The average Bonchev–Trinajstić information content (AvgIpc) is 2.33. The maximum absolute atomic E-state index is 4.25. The van der Waals surface area contributed by atoms with Gasteiger partial charge in [0.2, 0.25) is 0 Å². The SMILES string of the molecule is [CH2]C(Cc1ccccc1)Cc1ccc(C)cc1. The Balaban J connectivity index is 1.93. The van der Waals surface area contributed by atoms with Gasteiger partial charge in [0.15, 0.2) is 0 Å². The highest BCUT2D eigenvalue weighted by atomic mass is 14.1. The zero-order chi connectivity index (χ0) is 12.1. The quantitative estimate of drug-likeness (QED) is 0.727. The molecule has 1 atom stereocenters. The standard InChI is InChI=1S/C17H19/c1-14-8-10-17(11-9-14)13-15(2)12-16-6-4-3-5-7-16/h3-11,15H,2,12-13H2,1H3. The lowest BCUT2D eigenvalue weighted by atomic mass is 9.94. The van der Waals surface area contributed by atoms with E-state index in [0.717, 1.165) is 12.8 Å². The van der Waals surface area contributed by atoms with Gasteiger partial charge >= 0.3 is 0 Å². The molecule has 0 saturated heterocycles. The number of aryl methyl sites for hydroxylation is 1. The molecule has 2 aromatic carbocycles. The fourth-order valence-corrected chi connectivity index (χ4v) is 2.08. The van der Waals surface area contributed by atoms with Crippen molar-refractivity contribution in [3.8, 4) is 0 Å². The van der Waals surface area contributed by atoms with Crippen molar-refractivity contribution in [1.82, 2.24) is 0 Å². The van der Waals surface area contributed by atoms with Gasteiger partial charge in [0.05, 0.1) is 0 Å². The van der Waals surface area contributed by atoms with Crippen molar-refractivity contribution in [2.24, 2.45) is 5.92 Å². The maximum Gasteiger partial charge on any atom is -0.0247 e. The van der Waals surface area contributed by atoms with Gasteiger partial charge in [-0.25, -0.2) is 0 Å². The molecular formula is C17H19. The molecule has 0 saturated carbocycles. The van der Waals surface area contributed by atoms with E-state index in [0.29, 0.717) is 5.92 Å². The third-order valence-electron chi connectivity index (χ3n) is 3.01. The van der Waals surface area contributed by atoms with Crippen LogP contribution in [0.3, 0.4) is 0 Å². The van der Waals surface area contributed by atoms with Gasteiger partial charge in [-0.2, -0.15) is 0 Å². The Kier molecular flexibility index (Phi) is 3.98. The molecule has 1 radical (unpaired) electrons. The molecule has 87 valence electrons. The van der Waals surface area contributed by atoms with Gasteiger partial charge in [-0.1, -0.05) is 60.2 Å². The molecule has 0 N–H and O–H groups in total. The average molecular weight is 223 g/mol. The van der Waals surface area contributed by atoms with E-state index in [9.17, 15) is 0 Å². The molecule has 0 fully saturated rings. The van der Waals surface area contributed by atoms with Gasteiger partial charge in [0.1, 0.15) is 0 Å². The molecule has 0 nitrogen and oxygen atoms in total. The Hall–Kier alpha value is -1.56. The Labute approximate surface area is 104 Å². The summed E-state index contributed by atoms with van der Waals surface area (Å²) in [4.78, 5) is 0. The van der Waals surface area contributed by atoms with Crippen LogP contribution in [0.1, 0.15) is 16.7 Å². The second-order valence-corrected chi connectivity index (χ2v) is 4.75. The lowest BCUT2D eigenvalue weighted by Gasteiger charge is -2.11. The van der Waals surface area contributed by atoms with E-state index >= 15 is 0 Å². The van der Waals surface area contributed by atoms with Crippen LogP contribution in [0.25, 0.3) is 0 Å². The molecule has 0 aliphatic rings. The first kappa shape index (κ1) is 11.9. The molecule has 0 heterocycles. The third kappa shape index (κ3) is 3.74. The lowest BCUT2D eigenvalue weighted by molar-refractivity contribution is 0.640. The molecule has 0 heteroatoms. The van der Waals surface area contributed by atoms with E-state index in [1.807, 2.05) is 0 Å². The molecule has 0 amide bonds.